The third kappa shape index (κ3) is 11.6. The van der Waals surface area contributed by atoms with Crippen LogP contribution in [0.4, 0.5) is 0 Å². The van der Waals surface area contributed by atoms with Gasteiger partial charge in [-0.15, -0.1) is 0 Å². The summed E-state index contributed by atoms with van der Waals surface area (Å²) in [6.07, 6.45) is 12.2. The Hall–Kier alpha value is 0.0600. The Morgan fingerprint density at radius 2 is 1.32 bits per heavy atom. The van der Waals surface area contributed by atoms with Crippen LogP contribution in [0.15, 0.2) is 22.2 Å². The molecule has 0 N–H and O–H groups in total. The van der Waals surface area contributed by atoms with E-state index in [1.54, 1.807) is 0 Å². The quantitative estimate of drug-likeness (QED) is 0.398. The van der Waals surface area contributed by atoms with E-state index >= 15 is 0 Å². The fraction of sp³-hybridized carbons (Fsp3) is 0.765. The van der Waals surface area contributed by atoms with Crippen LogP contribution in [0.5, 0.6) is 0 Å². The summed E-state index contributed by atoms with van der Waals surface area (Å²) in [4.78, 5) is 0. The van der Waals surface area contributed by atoms with Crippen molar-refractivity contribution in [3.63, 3.8) is 0 Å². The van der Waals surface area contributed by atoms with Gasteiger partial charge in [0.15, 0.2) is 0 Å². The summed E-state index contributed by atoms with van der Waals surface area (Å²) in [6, 6.07) is 0. The lowest BCUT2D eigenvalue weighted by molar-refractivity contribution is 0.530. The van der Waals surface area contributed by atoms with Crippen LogP contribution in [0, 0.1) is 11.8 Å². The lowest BCUT2D eigenvalue weighted by Crippen LogP contribution is -2.00. The van der Waals surface area contributed by atoms with Gasteiger partial charge in [-0.25, -0.2) is 0 Å². The van der Waals surface area contributed by atoms with Crippen LogP contribution >= 0.6 is 23.2 Å². The van der Waals surface area contributed by atoms with Crippen molar-refractivity contribution in [2.75, 3.05) is 0 Å². The van der Waals surface area contributed by atoms with Gasteiger partial charge in [-0.3, -0.25) is 0 Å². The summed E-state index contributed by atoms with van der Waals surface area (Å²) < 4.78 is 0. The van der Waals surface area contributed by atoms with Gasteiger partial charge < -0.3 is 0 Å². The molecule has 0 atom stereocenters. The Labute approximate surface area is 130 Å². The molecule has 112 valence electrons. The van der Waals surface area contributed by atoms with E-state index in [-0.39, 0.29) is 0 Å². The largest absolute Gasteiger partial charge is 0.0895 e. The Morgan fingerprint density at radius 1 is 0.895 bits per heavy atom. The Bertz CT molecular complexity index is 253. The Balaban J connectivity index is 4.61. The van der Waals surface area contributed by atoms with Gasteiger partial charge in [-0.1, -0.05) is 75.9 Å². The van der Waals surface area contributed by atoms with Gasteiger partial charge in [0.25, 0.3) is 0 Å². The first-order valence-electron chi connectivity index (χ1n) is 7.71. The maximum atomic E-state index is 6.31. The van der Waals surface area contributed by atoms with Gasteiger partial charge in [-0.2, -0.15) is 0 Å². The van der Waals surface area contributed by atoms with Crippen LogP contribution in [0.1, 0.15) is 72.6 Å². The van der Waals surface area contributed by atoms with E-state index < -0.39 is 0 Å². The molecule has 0 aliphatic heterocycles. The molecule has 0 amide bonds. The third-order valence-corrected chi connectivity index (χ3v) is 3.70. The molecule has 0 fully saturated rings. The highest BCUT2D eigenvalue weighted by Crippen LogP contribution is 2.24. The SMILES string of the molecule is CCCCC(Cl)=CC(C=C(Cl)CCCC)CC(C)C. The van der Waals surface area contributed by atoms with E-state index in [9.17, 15) is 0 Å². The highest BCUT2D eigenvalue weighted by molar-refractivity contribution is 6.30. The predicted molar refractivity (Wildman–Crippen MR) is 89.9 cm³/mol. The second kappa shape index (κ2) is 11.9. The summed E-state index contributed by atoms with van der Waals surface area (Å²) in [5, 5.41) is 1.98. The zero-order valence-electron chi connectivity index (χ0n) is 13.0. The van der Waals surface area contributed by atoms with Crippen molar-refractivity contribution in [3.05, 3.63) is 22.2 Å². The summed E-state index contributed by atoms with van der Waals surface area (Å²) in [6.45, 7) is 8.87. The number of allylic oxidation sites excluding steroid dienone is 4. The second-order valence-electron chi connectivity index (χ2n) is 5.73. The van der Waals surface area contributed by atoms with E-state index in [0.717, 1.165) is 42.2 Å². The van der Waals surface area contributed by atoms with Crippen LogP contribution in [0.25, 0.3) is 0 Å². The number of halogens is 2. The van der Waals surface area contributed by atoms with Crippen molar-refractivity contribution in [1.29, 1.82) is 0 Å². The van der Waals surface area contributed by atoms with Crippen LogP contribution in [0.2, 0.25) is 0 Å². The normalized spacial score (nSPS) is 15.1. The van der Waals surface area contributed by atoms with Crippen molar-refractivity contribution in [3.8, 4) is 0 Å². The fourth-order valence-electron chi connectivity index (χ4n) is 2.05. The molecule has 0 rings (SSSR count). The minimum Gasteiger partial charge on any atom is -0.0895 e. The molecule has 0 aromatic rings. The van der Waals surface area contributed by atoms with Gasteiger partial charge in [0.1, 0.15) is 0 Å². The zero-order valence-corrected chi connectivity index (χ0v) is 14.5. The maximum Gasteiger partial charge on any atom is 0.0147 e. The molecule has 0 aromatic carbocycles. The maximum absolute atomic E-state index is 6.31. The van der Waals surface area contributed by atoms with Gasteiger partial charge in [0, 0.05) is 10.1 Å². The molecule has 0 aliphatic rings. The standard InChI is InChI=1S/C17H30Cl2/c1-5-7-9-16(18)12-15(11-14(3)4)13-17(19)10-8-6-2/h12-15H,5-11H2,1-4H3. The lowest BCUT2D eigenvalue weighted by atomic mass is 9.95. The van der Waals surface area contributed by atoms with Gasteiger partial charge in [-0.05, 0) is 43.9 Å². The van der Waals surface area contributed by atoms with E-state index in [4.69, 9.17) is 23.2 Å². The molecular formula is C17H30Cl2. The summed E-state index contributed by atoms with van der Waals surface area (Å²) in [5.74, 6) is 1.04. The Morgan fingerprint density at radius 3 is 1.63 bits per heavy atom. The molecule has 0 spiro atoms. The van der Waals surface area contributed by atoms with Crippen LogP contribution in [-0.2, 0) is 0 Å². The monoisotopic (exact) mass is 304 g/mol. The zero-order chi connectivity index (χ0) is 14.7. The van der Waals surface area contributed by atoms with Gasteiger partial charge >= 0.3 is 0 Å². The first-order valence-corrected chi connectivity index (χ1v) is 8.47. The molecular weight excluding hydrogens is 275 g/mol. The number of rotatable bonds is 10. The summed E-state index contributed by atoms with van der Waals surface area (Å²) >= 11 is 12.6. The van der Waals surface area contributed by atoms with E-state index in [0.29, 0.717) is 11.8 Å². The first kappa shape index (κ1) is 19.1. The van der Waals surface area contributed by atoms with E-state index in [1.807, 2.05) is 0 Å². The summed E-state index contributed by atoms with van der Waals surface area (Å²) in [7, 11) is 0. The number of hydrogen-bond donors (Lipinski definition) is 0. The number of hydrogen-bond acceptors (Lipinski definition) is 0. The highest BCUT2D eigenvalue weighted by atomic mass is 35.5. The van der Waals surface area contributed by atoms with Gasteiger partial charge in [0.05, 0.1) is 0 Å². The molecule has 0 aromatic heterocycles. The van der Waals surface area contributed by atoms with Crippen LogP contribution in [-0.4, -0.2) is 0 Å². The average Bonchev–Trinajstić information content (AvgIpc) is 2.32. The molecule has 0 radical (unpaired) electrons. The number of unbranched alkanes of at least 4 members (excludes halogenated alkanes) is 2. The lowest BCUT2D eigenvalue weighted by Gasteiger charge is -2.13. The Kier molecular flexibility index (Phi) is 11.9. The second-order valence-corrected chi connectivity index (χ2v) is 6.70. The molecule has 0 saturated carbocycles. The minimum atomic E-state index is 0.383. The van der Waals surface area contributed by atoms with Crippen molar-refractivity contribution in [1.82, 2.24) is 0 Å². The third-order valence-electron chi connectivity index (χ3n) is 3.07. The smallest absolute Gasteiger partial charge is 0.0147 e. The molecule has 0 heterocycles. The van der Waals surface area contributed by atoms with Crippen LogP contribution in [0.3, 0.4) is 0 Å². The molecule has 2 heteroatoms. The van der Waals surface area contributed by atoms with Crippen molar-refractivity contribution >= 4 is 23.2 Å². The van der Waals surface area contributed by atoms with E-state index in [2.05, 4.69) is 39.8 Å². The predicted octanol–water partition coefficient (Wildman–Crippen LogP) is 7.27. The fourth-order valence-corrected chi connectivity index (χ4v) is 2.64. The average molecular weight is 305 g/mol. The van der Waals surface area contributed by atoms with Crippen molar-refractivity contribution in [2.24, 2.45) is 11.8 Å². The van der Waals surface area contributed by atoms with Crippen molar-refractivity contribution in [2.45, 2.75) is 72.6 Å². The minimum absolute atomic E-state index is 0.383. The molecule has 0 unspecified atom stereocenters. The molecule has 19 heavy (non-hydrogen) atoms. The molecule has 0 nitrogen and oxygen atoms in total. The topological polar surface area (TPSA) is 0 Å². The first-order chi connectivity index (χ1) is 8.99. The molecule has 0 saturated heterocycles. The molecule has 0 bridgehead atoms. The van der Waals surface area contributed by atoms with Crippen molar-refractivity contribution < 1.29 is 0 Å². The van der Waals surface area contributed by atoms with Crippen LogP contribution < -0.4 is 0 Å². The van der Waals surface area contributed by atoms with E-state index in [1.165, 1.54) is 12.8 Å². The van der Waals surface area contributed by atoms with Gasteiger partial charge in [0.2, 0.25) is 0 Å². The highest BCUT2D eigenvalue weighted by Gasteiger charge is 2.08. The molecule has 0 aliphatic carbocycles. The summed E-state index contributed by atoms with van der Waals surface area (Å²) in [5.41, 5.74) is 0.